The topological polar surface area (TPSA) is 95.9 Å². The number of carbonyl (C=O) groups excluding carboxylic acids is 3. The van der Waals surface area contributed by atoms with E-state index in [1.807, 2.05) is 6.92 Å². The maximum absolute atomic E-state index is 12.3. The van der Waals surface area contributed by atoms with Gasteiger partial charge in [-0.3, -0.25) is 9.59 Å². The summed E-state index contributed by atoms with van der Waals surface area (Å²) in [5, 5.41) is 12.8. The predicted molar refractivity (Wildman–Crippen MR) is 105 cm³/mol. The van der Waals surface area contributed by atoms with E-state index in [0.717, 1.165) is 5.56 Å². The standard InChI is InChI=1S/C20H21ClN2O5/c1-3-23(11-18(25)22-16-10-14(21)9-8-13(16)2)19(26)12-28-20(27)15-6-4-5-7-17(15)24/h4-10,24H,3,11-12H2,1-2H3,(H,22,25). The number of likely N-dealkylation sites (N-methyl/N-ethyl adjacent to an activating group) is 1. The maximum atomic E-state index is 12.3. The highest BCUT2D eigenvalue weighted by Crippen LogP contribution is 2.20. The van der Waals surface area contributed by atoms with Crippen LogP contribution in [0.25, 0.3) is 0 Å². The Morgan fingerprint density at radius 3 is 2.57 bits per heavy atom. The van der Waals surface area contributed by atoms with Crippen molar-refractivity contribution in [3.63, 3.8) is 0 Å². The van der Waals surface area contributed by atoms with Crippen molar-refractivity contribution in [3.8, 4) is 5.75 Å². The van der Waals surface area contributed by atoms with Gasteiger partial charge in [0.05, 0.1) is 6.54 Å². The molecule has 28 heavy (non-hydrogen) atoms. The van der Waals surface area contributed by atoms with Crippen LogP contribution in [0.1, 0.15) is 22.8 Å². The number of para-hydroxylation sites is 1. The van der Waals surface area contributed by atoms with Crippen LogP contribution in [0.4, 0.5) is 5.69 Å². The summed E-state index contributed by atoms with van der Waals surface area (Å²) in [6.45, 7) is 3.06. The van der Waals surface area contributed by atoms with Crippen LogP contribution in [-0.4, -0.2) is 47.5 Å². The zero-order chi connectivity index (χ0) is 20.7. The van der Waals surface area contributed by atoms with Crippen molar-refractivity contribution in [3.05, 3.63) is 58.6 Å². The monoisotopic (exact) mass is 404 g/mol. The second-order valence-corrected chi connectivity index (χ2v) is 6.45. The number of phenolic OH excluding ortho intramolecular Hbond substituents is 1. The highest BCUT2D eigenvalue weighted by molar-refractivity contribution is 6.31. The van der Waals surface area contributed by atoms with E-state index in [9.17, 15) is 19.5 Å². The minimum Gasteiger partial charge on any atom is -0.507 e. The minimum absolute atomic E-state index is 0.0347. The Balaban J connectivity index is 1.92. The molecule has 0 radical (unpaired) electrons. The van der Waals surface area contributed by atoms with Crippen molar-refractivity contribution in [1.29, 1.82) is 0 Å². The third kappa shape index (κ3) is 5.72. The van der Waals surface area contributed by atoms with Crippen molar-refractivity contribution in [1.82, 2.24) is 4.90 Å². The van der Waals surface area contributed by atoms with E-state index in [1.54, 1.807) is 37.3 Å². The number of anilines is 1. The lowest BCUT2D eigenvalue weighted by molar-refractivity contribution is -0.137. The van der Waals surface area contributed by atoms with Gasteiger partial charge in [-0.05, 0) is 43.7 Å². The van der Waals surface area contributed by atoms with Crippen molar-refractivity contribution in [2.24, 2.45) is 0 Å². The average molecular weight is 405 g/mol. The van der Waals surface area contributed by atoms with Gasteiger partial charge in [-0.1, -0.05) is 29.8 Å². The Labute approximate surface area is 167 Å². The number of amides is 2. The Hall–Kier alpha value is -3.06. The summed E-state index contributed by atoms with van der Waals surface area (Å²) in [6, 6.07) is 11.0. The molecule has 0 saturated heterocycles. The fraction of sp³-hybridized carbons (Fsp3) is 0.250. The molecule has 0 atom stereocenters. The average Bonchev–Trinajstić information content (AvgIpc) is 2.67. The summed E-state index contributed by atoms with van der Waals surface area (Å²) in [6.07, 6.45) is 0. The summed E-state index contributed by atoms with van der Waals surface area (Å²) in [5.74, 6) is -1.97. The number of esters is 1. The molecule has 0 unspecified atom stereocenters. The number of nitrogens with one attached hydrogen (secondary N) is 1. The maximum Gasteiger partial charge on any atom is 0.342 e. The summed E-state index contributed by atoms with van der Waals surface area (Å²) in [5.41, 5.74) is 1.36. The smallest absolute Gasteiger partial charge is 0.342 e. The molecule has 2 aromatic carbocycles. The number of hydrogen-bond acceptors (Lipinski definition) is 5. The normalized spacial score (nSPS) is 10.2. The zero-order valence-corrected chi connectivity index (χ0v) is 16.3. The van der Waals surface area contributed by atoms with Crippen LogP contribution < -0.4 is 5.32 Å². The quantitative estimate of drug-likeness (QED) is 0.691. The number of rotatable bonds is 7. The van der Waals surface area contributed by atoms with Gasteiger partial charge in [-0.25, -0.2) is 4.79 Å². The van der Waals surface area contributed by atoms with E-state index >= 15 is 0 Å². The van der Waals surface area contributed by atoms with Gasteiger partial charge >= 0.3 is 5.97 Å². The van der Waals surface area contributed by atoms with Crippen LogP contribution in [-0.2, 0) is 14.3 Å². The molecule has 2 N–H and O–H groups in total. The molecular formula is C20H21ClN2O5. The van der Waals surface area contributed by atoms with Crippen molar-refractivity contribution < 1.29 is 24.2 Å². The first-order chi connectivity index (χ1) is 13.3. The molecule has 2 aromatic rings. The third-order valence-corrected chi connectivity index (χ3v) is 4.23. The Kier molecular flexibility index (Phi) is 7.40. The Bertz CT molecular complexity index is 885. The van der Waals surface area contributed by atoms with E-state index in [1.165, 1.54) is 17.0 Å². The molecule has 0 aliphatic carbocycles. The van der Waals surface area contributed by atoms with Crippen molar-refractivity contribution >= 4 is 35.1 Å². The Morgan fingerprint density at radius 1 is 1.18 bits per heavy atom. The fourth-order valence-corrected chi connectivity index (χ4v) is 2.58. The molecule has 0 fully saturated rings. The summed E-state index contributed by atoms with van der Waals surface area (Å²) >= 11 is 5.93. The lowest BCUT2D eigenvalue weighted by atomic mass is 10.2. The molecule has 0 bridgehead atoms. The second-order valence-electron chi connectivity index (χ2n) is 6.01. The number of benzene rings is 2. The van der Waals surface area contributed by atoms with Crippen LogP contribution in [0.5, 0.6) is 5.75 Å². The van der Waals surface area contributed by atoms with Gasteiger partial charge in [0.25, 0.3) is 5.91 Å². The van der Waals surface area contributed by atoms with Crippen LogP contribution in [0.3, 0.4) is 0 Å². The van der Waals surface area contributed by atoms with E-state index in [4.69, 9.17) is 16.3 Å². The Morgan fingerprint density at radius 2 is 1.89 bits per heavy atom. The number of phenols is 1. The third-order valence-electron chi connectivity index (χ3n) is 3.99. The summed E-state index contributed by atoms with van der Waals surface area (Å²) < 4.78 is 4.95. The van der Waals surface area contributed by atoms with E-state index in [-0.39, 0.29) is 24.4 Å². The molecule has 0 aromatic heterocycles. The lowest BCUT2D eigenvalue weighted by Gasteiger charge is -2.20. The zero-order valence-electron chi connectivity index (χ0n) is 15.6. The summed E-state index contributed by atoms with van der Waals surface area (Å²) in [7, 11) is 0. The van der Waals surface area contributed by atoms with Gasteiger partial charge in [0.1, 0.15) is 11.3 Å². The first-order valence-electron chi connectivity index (χ1n) is 8.60. The molecule has 0 aliphatic rings. The van der Waals surface area contributed by atoms with Gasteiger partial charge in [0, 0.05) is 17.3 Å². The molecule has 8 heteroatoms. The molecule has 2 rings (SSSR count). The molecule has 2 amide bonds. The van der Waals surface area contributed by atoms with Gasteiger partial charge in [0.15, 0.2) is 6.61 Å². The van der Waals surface area contributed by atoms with Gasteiger partial charge in [-0.15, -0.1) is 0 Å². The first kappa shape index (κ1) is 21.2. The highest BCUT2D eigenvalue weighted by Gasteiger charge is 2.19. The molecule has 0 heterocycles. The largest absolute Gasteiger partial charge is 0.507 e. The summed E-state index contributed by atoms with van der Waals surface area (Å²) in [4.78, 5) is 37.8. The number of aryl methyl sites for hydroxylation is 1. The fourth-order valence-electron chi connectivity index (χ4n) is 2.41. The van der Waals surface area contributed by atoms with Crippen LogP contribution >= 0.6 is 11.6 Å². The lowest BCUT2D eigenvalue weighted by Crippen LogP contribution is -2.40. The molecule has 7 nitrogen and oxygen atoms in total. The number of hydrogen-bond donors (Lipinski definition) is 2. The number of carbonyl (C=O) groups is 3. The van der Waals surface area contributed by atoms with Crippen molar-refractivity contribution in [2.75, 3.05) is 25.0 Å². The number of ether oxygens (including phenoxy) is 1. The van der Waals surface area contributed by atoms with Crippen LogP contribution in [0.2, 0.25) is 5.02 Å². The van der Waals surface area contributed by atoms with Gasteiger partial charge in [0.2, 0.25) is 5.91 Å². The molecule has 0 spiro atoms. The van der Waals surface area contributed by atoms with Gasteiger partial charge < -0.3 is 20.1 Å². The SMILES string of the molecule is CCN(CC(=O)Nc1cc(Cl)ccc1C)C(=O)COC(=O)c1ccccc1O. The number of nitrogens with zero attached hydrogens (tertiary/aromatic N) is 1. The molecule has 0 aliphatic heterocycles. The number of aromatic hydroxyl groups is 1. The molecular weight excluding hydrogens is 384 g/mol. The van der Waals surface area contributed by atoms with Crippen molar-refractivity contribution in [2.45, 2.75) is 13.8 Å². The first-order valence-corrected chi connectivity index (χ1v) is 8.98. The van der Waals surface area contributed by atoms with E-state index in [2.05, 4.69) is 5.32 Å². The van der Waals surface area contributed by atoms with Crippen LogP contribution in [0, 0.1) is 6.92 Å². The van der Waals surface area contributed by atoms with E-state index in [0.29, 0.717) is 10.7 Å². The molecule has 0 saturated carbocycles. The van der Waals surface area contributed by atoms with E-state index < -0.39 is 24.4 Å². The van der Waals surface area contributed by atoms with Crippen LogP contribution in [0.15, 0.2) is 42.5 Å². The predicted octanol–water partition coefficient (Wildman–Crippen LogP) is 3.00. The minimum atomic E-state index is -0.818. The molecule has 148 valence electrons. The second kappa shape index (κ2) is 9.75. The number of halogens is 1. The van der Waals surface area contributed by atoms with Gasteiger partial charge in [-0.2, -0.15) is 0 Å². The highest BCUT2D eigenvalue weighted by atomic mass is 35.5.